The standard InChI is InChI=1S/C24H25N5O2/c30-22(28-14-16-29(17-15-28)24-25-12-7-13-26-24)18-21(19-8-3-1-4-9-19)27-23(31)20-10-5-2-6-11-20/h1-13,21H,14-18H2,(H,27,31)/t21-/m0/s1. The van der Waals surface area contributed by atoms with Crippen LogP contribution in [-0.4, -0.2) is 52.9 Å². The van der Waals surface area contributed by atoms with Crippen LogP contribution in [0.5, 0.6) is 0 Å². The van der Waals surface area contributed by atoms with E-state index in [0.29, 0.717) is 37.7 Å². The van der Waals surface area contributed by atoms with Crippen LogP contribution in [0.3, 0.4) is 0 Å². The fraction of sp³-hybridized carbons (Fsp3) is 0.250. The van der Waals surface area contributed by atoms with Gasteiger partial charge in [0.15, 0.2) is 0 Å². The van der Waals surface area contributed by atoms with Crippen molar-refractivity contribution in [3.05, 3.63) is 90.3 Å². The van der Waals surface area contributed by atoms with Crippen molar-refractivity contribution >= 4 is 17.8 Å². The van der Waals surface area contributed by atoms with Gasteiger partial charge in [-0.2, -0.15) is 0 Å². The van der Waals surface area contributed by atoms with E-state index in [1.54, 1.807) is 30.6 Å². The number of hydrogen-bond acceptors (Lipinski definition) is 5. The topological polar surface area (TPSA) is 78.4 Å². The Kier molecular flexibility index (Phi) is 6.52. The molecule has 1 saturated heterocycles. The van der Waals surface area contributed by atoms with Crippen LogP contribution in [0.4, 0.5) is 5.95 Å². The highest BCUT2D eigenvalue weighted by Crippen LogP contribution is 2.20. The van der Waals surface area contributed by atoms with Gasteiger partial charge >= 0.3 is 0 Å². The number of rotatable bonds is 6. The minimum absolute atomic E-state index is 0.0239. The van der Waals surface area contributed by atoms with E-state index in [-0.39, 0.29) is 18.2 Å². The summed E-state index contributed by atoms with van der Waals surface area (Å²) in [6.07, 6.45) is 3.66. The third kappa shape index (κ3) is 5.25. The van der Waals surface area contributed by atoms with Crippen LogP contribution in [-0.2, 0) is 4.79 Å². The van der Waals surface area contributed by atoms with Crippen LogP contribution in [0.15, 0.2) is 79.1 Å². The maximum Gasteiger partial charge on any atom is 0.251 e. The number of piperazine rings is 1. The molecule has 0 unspecified atom stereocenters. The quantitative estimate of drug-likeness (QED) is 0.670. The van der Waals surface area contributed by atoms with E-state index in [1.807, 2.05) is 53.4 Å². The van der Waals surface area contributed by atoms with E-state index >= 15 is 0 Å². The fourth-order valence-electron chi connectivity index (χ4n) is 3.68. The number of aromatic nitrogens is 2. The molecule has 31 heavy (non-hydrogen) atoms. The van der Waals surface area contributed by atoms with Crippen molar-refractivity contribution in [2.75, 3.05) is 31.1 Å². The Morgan fingerprint density at radius 1 is 0.839 bits per heavy atom. The molecule has 158 valence electrons. The molecule has 7 nitrogen and oxygen atoms in total. The van der Waals surface area contributed by atoms with E-state index in [1.165, 1.54) is 0 Å². The average Bonchev–Trinajstić information content (AvgIpc) is 2.85. The normalized spacial score (nSPS) is 14.7. The Bertz CT molecular complexity index is 990. The highest BCUT2D eigenvalue weighted by molar-refractivity contribution is 5.94. The van der Waals surface area contributed by atoms with Crippen molar-refractivity contribution in [1.82, 2.24) is 20.2 Å². The summed E-state index contributed by atoms with van der Waals surface area (Å²) < 4.78 is 0. The third-order valence-electron chi connectivity index (χ3n) is 5.39. The summed E-state index contributed by atoms with van der Waals surface area (Å²) in [5.74, 6) is 0.524. The van der Waals surface area contributed by atoms with Gasteiger partial charge in [-0.15, -0.1) is 0 Å². The number of amides is 2. The fourth-order valence-corrected chi connectivity index (χ4v) is 3.68. The van der Waals surface area contributed by atoms with E-state index in [0.717, 1.165) is 5.56 Å². The van der Waals surface area contributed by atoms with Crippen LogP contribution in [0.2, 0.25) is 0 Å². The molecule has 2 heterocycles. The maximum atomic E-state index is 13.1. The van der Waals surface area contributed by atoms with E-state index in [2.05, 4.69) is 20.2 Å². The summed E-state index contributed by atoms with van der Waals surface area (Å²) in [4.78, 5) is 38.3. The molecule has 0 spiro atoms. The molecule has 0 bridgehead atoms. The molecule has 1 aromatic heterocycles. The average molecular weight is 415 g/mol. The van der Waals surface area contributed by atoms with Gasteiger partial charge in [-0.25, -0.2) is 9.97 Å². The first-order chi connectivity index (χ1) is 15.2. The molecule has 1 fully saturated rings. The molecule has 1 atom stereocenters. The molecule has 1 N–H and O–H groups in total. The Labute approximate surface area is 181 Å². The Morgan fingerprint density at radius 3 is 2.10 bits per heavy atom. The highest BCUT2D eigenvalue weighted by Gasteiger charge is 2.26. The van der Waals surface area contributed by atoms with E-state index < -0.39 is 6.04 Å². The molecule has 7 heteroatoms. The Hall–Kier alpha value is -3.74. The molecular formula is C24H25N5O2. The van der Waals surface area contributed by atoms with Gasteiger partial charge in [0.05, 0.1) is 12.5 Å². The Balaban J connectivity index is 1.41. The van der Waals surface area contributed by atoms with Crippen LogP contribution >= 0.6 is 0 Å². The first-order valence-electron chi connectivity index (χ1n) is 10.4. The number of nitrogens with one attached hydrogen (secondary N) is 1. The number of carbonyl (C=O) groups excluding carboxylic acids is 2. The predicted molar refractivity (Wildman–Crippen MR) is 119 cm³/mol. The van der Waals surface area contributed by atoms with E-state index in [4.69, 9.17) is 0 Å². The molecule has 3 aromatic rings. The third-order valence-corrected chi connectivity index (χ3v) is 5.39. The zero-order valence-corrected chi connectivity index (χ0v) is 17.2. The molecule has 0 saturated carbocycles. The minimum Gasteiger partial charge on any atom is -0.345 e. The van der Waals surface area contributed by atoms with Crippen LogP contribution in [0, 0.1) is 0 Å². The van der Waals surface area contributed by atoms with Crippen LogP contribution in [0.25, 0.3) is 0 Å². The van der Waals surface area contributed by atoms with Crippen molar-refractivity contribution in [3.8, 4) is 0 Å². The largest absolute Gasteiger partial charge is 0.345 e. The van der Waals surface area contributed by atoms with Crippen LogP contribution in [0.1, 0.15) is 28.4 Å². The molecule has 1 aliphatic heterocycles. The lowest BCUT2D eigenvalue weighted by Gasteiger charge is -2.35. The molecule has 1 aliphatic rings. The van der Waals surface area contributed by atoms with Gasteiger partial charge in [-0.1, -0.05) is 48.5 Å². The number of benzene rings is 2. The van der Waals surface area contributed by atoms with Gasteiger partial charge in [-0.3, -0.25) is 9.59 Å². The second kappa shape index (κ2) is 9.84. The number of carbonyl (C=O) groups is 2. The molecule has 0 radical (unpaired) electrons. The number of anilines is 1. The first-order valence-corrected chi connectivity index (χ1v) is 10.4. The second-order valence-corrected chi connectivity index (χ2v) is 7.42. The van der Waals surface area contributed by atoms with Gasteiger partial charge in [0.25, 0.3) is 5.91 Å². The zero-order valence-electron chi connectivity index (χ0n) is 17.2. The van der Waals surface area contributed by atoms with Crippen molar-refractivity contribution < 1.29 is 9.59 Å². The molecule has 4 rings (SSSR count). The van der Waals surface area contributed by atoms with Gasteiger partial charge in [-0.05, 0) is 23.8 Å². The molecule has 2 aromatic carbocycles. The van der Waals surface area contributed by atoms with Crippen molar-refractivity contribution in [1.29, 1.82) is 0 Å². The van der Waals surface area contributed by atoms with Gasteiger partial charge < -0.3 is 15.1 Å². The lowest BCUT2D eigenvalue weighted by Crippen LogP contribution is -2.50. The maximum absolute atomic E-state index is 13.1. The molecule has 0 aliphatic carbocycles. The van der Waals surface area contributed by atoms with Crippen molar-refractivity contribution in [2.24, 2.45) is 0 Å². The predicted octanol–water partition coefficient (Wildman–Crippen LogP) is 2.69. The number of nitrogens with zero attached hydrogens (tertiary/aromatic N) is 4. The second-order valence-electron chi connectivity index (χ2n) is 7.42. The van der Waals surface area contributed by atoms with Gasteiger partial charge in [0, 0.05) is 44.1 Å². The lowest BCUT2D eigenvalue weighted by atomic mass is 10.0. The smallest absolute Gasteiger partial charge is 0.251 e. The van der Waals surface area contributed by atoms with E-state index in [9.17, 15) is 9.59 Å². The monoisotopic (exact) mass is 415 g/mol. The van der Waals surface area contributed by atoms with Gasteiger partial charge in [0.1, 0.15) is 0 Å². The summed E-state index contributed by atoms with van der Waals surface area (Å²) in [6, 6.07) is 20.1. The van der Waals surface area contributed by atoms with Gasteiger partial charge in [0.2, 0.25) is 11.9 Å². The molecule has 2 amide bonds. The summed E-state index contributed by atoms with van der Waals surface area (Å²) >= 11 is 0. The summed E-state index contributed by atoms with van der Waals surface area (Å²) in [5.41, 5.74) is 1.49. The highest BCUT2D eigenvalue weighted by atomic mass is 16.2. The summed E-state index contributed by atoms with van der Waals surface area (Å²) in [7, 11) is 0. The summed E-state index contributed by atoms with van der Waals surface area (Å²) in [6.45, 7) is 2.57. The summed E-state index contributed by atoms with van der Waals surface area (Å²) in [5, 5.41) is 3.04. The van der Waals surface area contributed by atoms with Crippen molar-refractivity contribution in [2.45, 2.75) is 12.5 Å². The zero-order chi connectivity index (χ0) is 21.5. The minimum atomic E-state index is -0.392. The first kappa shape index (κ1) is 20.5. The van der Waals surface area contributed by atoms with Crippen molar-refractivity contribution in [3.63, 3.8) is 0 Å². The SMILES string of the molecule is O=C(N[C@@H](CC(=O)N1CCN(c2ncccn2)CC1)c1ccccc1)c1ccccc1. The number of hydrogen-bond donors (Lipinski definition) is 1. The lowest BCUT2D eigenvalue weighted by molar-refractivity contribution is -0.132. The van der Waals surface area contributed by atoms with Crippen LogP contribution < -0.4 is 10.2 Å². The molecular weight excluding hydrogens is 390 g/mol. The Morgan fingerprint density at radius 2 is 1.45 bits per heavy atom.